The number of aromatic carboxylic acids is 2. The van der Waals surface area contributed by atoms with E-state index in [0.717, 1.165) is 16.7 Å². The zero-order valence-electron chi connectivity index (χ0n) is 14.9. The first kappa shape index (κ1) is 19.2. The Morgan fingerprint density at radius 1 is 1.15 bits per heavy atom. The van der Waals surface area contributed by atoms with Crippen LogP contribution in [0.1, 0.15) is 50.0 Å². The Morgan fingerprint density at radius 2 is 1.85 bits per heavy atom. The second-order valence-corrected chi connectivity index (χ2v) is 5.85. The molecule has 0 aliphatic heterocycles. The average Bonchev–Trinajstić information content (AvgIpc) is 2.61. The molecule has 0 aliphatic carbocycles. The summed E-state index contributed by atoms with van der Waals surface area (Å²) >= 11 is 0. The van der Waals surface area contributed by atoms with E-state index in [1.807, 2.05) is 13.8 Å². The first-order valence-electron chi connectivity index (χ1n) is 8.14. The number of nitrogens with zero attached hydrogens (tertiary/aromatic N) is 1. The van der Waals surface area contributed by atoms with Crippen LogP contribution in [-0.4, -0.2) is 39.4 Å². The first-order chi connectivity index (χ1) is 12.3. The Labute approximate surface area is 150 Å². The van der Waals surface area contributed by atoms with E-state index in [2.05, 4.69) is 4.98 Å². The number of methoxy groups -OCH3 is 1. The molecule has 2 rings (SSSR count). The van der Waals surface area contributed by atoms with Crippen molar-refractivity contribution in [3.8, 4) is 11.5 Å². The number of carboxylic acids is 2. The van der Waals surface area contributed by atoms with Crippen LogP contribution in [0, 0.1) is 6.92 Å². The second-order valence-electron chi connectivity index (χ2n) is 5.85. The van der Waals surface area contributed by atoms with E-state index in [4.69, 9.17) is 4.74 Å². The maximum Gasteiger partial charge on any atom is 0.338 e. The van der Waals surface area contributed by atoms with Crippen LogP contribution in [0.5, 0.6) is 11.5 Å². The number of rotatable bonds is 7. The molecule has 138 valence electrons. The summed E-state index contributed by atoms with van der Waals surface area (Å²) in [6.45, 7) is 3.79. The minimum absolute atomic E-state index is 0.0707. The number of hydrogen-bond acceptors (Lipinski definition) is 5. The molecule has 0 atom stereocenters. The minimum atomic E-state index is -1.32. The number of aromatic hydroxyl groups is 1. The third-order valence-corrected chi connectivity index (χ3v) is 4.37. The molecule has 0 saturated heterocycles. The first-order valence-corrected chi connectivity index (χ1v) is 8.14. The van der Waals surface area contributed by atoms with Crippen molar-refractivity contribution in [3.05, 3.63) is 51.8 Å². The molecule has 1 heterocycles. The van der Waals surface area contributed by atoms with Gasteiger partial charge in [-0.25, -0.2) is 9.59 Å². The van der Waals surface area contributed by atoms with Gasteiger partial charge in [0.05, 0.1) is 23.9 Å². The third kappa shape index (κ3) is 3.61. The molecule has 0 fully saturated rings. The summed E-state index contributed by atoms with van der Waals surface area (Å²) in [5.74, 6) is -2.17. The van der Waals surface area contributed by atoms with Gasteiger partial charge in [0.15, 0.2) is 11.5 Å². The summed E-state index contributed by atoms with van der Waals surface area (Å²) in [6, 6.07) is 2.90. The molecule has 7 nitrogen and oxygen atoms in total. The third-order valence-electron chi connectivity index (χ3n) is 4.37. The molecule has 0 unspecified atom stereocenters. The molecule has 0 bridgehead atoms. The van der Waals surface area contributed by atoms with Crippen LogP contribution in [0.15, 0.2) is 18.3 Å². The number of ether oxygens (including phenoxy) is 1. The number of hydrogen-bond donors (Lipinski definition) is 3. The molecule has 1 aromatic heterocycles. The summed E-state index contributed by atoms with van der Waals surface area (Å²) in [5, 5.41) is 28.9. The molecular formula is C19H21NO6. The number of pyridine rings is 1. The molecule has 3 N–H and O–H groups in total. The van der Waals surface area contributed by atoms with E-state index in [-0.39, 0.29) is 29.0 Å². The van der Waals surface area contributed by atoms with Gasteiger partial charge in [-0.2, -0.15) is 0 Å². The maximum absolute atomic E-state index is 11.5. The molecule has 0 radical (unpaired) electrons. The van der Waals surface area contributed by atoms with E-state index in [1.165, 1.54) is 19.4 Å². The Morgan fingerprint density at radius 3 is 2.38 bits per heavy atom. The van der Waals surface area contributed by atoms with Crippen molar-refractivity contribution >= 4 is 11.9 Å². The van der Waals surface area contributed by atoms with Gasteiger partial charge >= 0.3 is 11.9 Å². The van der Waals surface area contributed by atoms with Crippen molar-refractivity contribution in [2.24, 2.45) is 0 Å². The molecule has 0 aliphatic rings. The van der Waals surface area contributed by atoms with Crippen molar-refractivity contribution in [2.45, 2.75) is 33.1 Å². The van der Waals surface area contributed by atoms with Crippen LogP contribution in [0.4, 0.5) is 0 Å². The van der Waals surface area contributed by atoms with Gasteiger partial charge in [0.1, 0.15) is 0 Å². The molecule has 7 heteroatoms. The van der Waals surface area contributed by atoms with Gasteiger partial charge in [0.25, 0.3) is 0 Å². The Bertz CT molecular complexity index is 860. The van der Waals surface area contributed by atoms with Gasteiger partial charge in [-0.3, -0.25) is 4.98 Å². The lowest BCUT2D eigenvalue weighted by molar-refractivity contribution is 0.0649. The van der Waals surface area contributed by atoms with Crippen molar-refractivity contribution < 1.29 is 29.6 Å². The number of phenolic OH excluding ortho intramolecular Hbond substituents is 1. The van der Waals surface area contributed by atoms with Crippen LogP contribution in [-0.2, 0) is 19.3 Å². The molecule has 0 spiro atoms. The van der Waals surface area contributed by atoms with Crippen LogP contribution >= 0.6 is 0 Å². The quantitative estimate of drug-likeness (QED) is 0.696. The monoisotopic (exact) mass is 359 g/mol. The number of carboxylic acid groups (broad SMARTS) is 2. The largest absolute Gasteiger partial charge is 0.504 e. The predicted molar refractivity (Wildman–Crippen MR) is 94.3 cm³/mol. The fourth-order valence-electron chi connectivity index (χ4n) is 3.12. The van der Waals surface area contributed by atoms with Crippen molar-refractivity contribution in [1.82, 2.24) is 4.98 Å². The molecule has 1 aromatic carbocycles. The van der Waals surface area contributed by atoms with Gasteiger partial charge < -0.3 is 20.1 Å². The van der Waals surface area contributed by atoms with Gasteiger partial charge in [-0.1, -0.05) is 6.92 Å². The van der Waals surface area contributed by atoms with Gasteiger partial charge in [0.2, 0.25) is 0 Å². The van der Waals surface area contributed by atoms with Gasteiger partial charge in [-0.15, -0.1) is 0 Å². The smallest absolute Gasteiger partial charge is 0.338 e. The Balaban J connectivity index is 2.44. The predicted octanol–water partition coefficient (Wildman–Crippen LogP) is 2.85. The van der Waals surface area contributed by atoms with Crippen molar-refractivity contribution in [2.75, 3.05) is 7.11 Å². The lowest BCUT2D eigenvalue weighted by atomic mass is 9.92. The number of aryl methyl sites for hydroxylation is 2. The zero-order chi connectivity index (χ0) is 19.4. The number of aromatic nitrogens is 1. The fourth-order valence-corrected chi connectivity index (χ4v) is 3.12. The fraction of sp³-hybridized carbons (Fsp3) is 0.316. The zero-order valence-corrected chi connectivity index (χ0v) is 14.9. The summed E-state index contributed by atoms with van der Waals surface area (Å²) in [6.07, 6.45) is 2.53. The molecule has 0 amide bonds. The lowest BCUT2D eigenvalue weighted by Crippen LogP contribution is -2.14. The number of phenols is 1. The van der Waals surface area contributed by atoms with Gasteiger partial charge in [-0.05, 0) is 49.4 Å². The van der Waals surface area contributed by atoms with E-state index in [9.17, 15) is 24.9 Å². The summed E-state index contributed by atoms with van der Waals surface area (Å²) in [7, 11) is 1.48. The van der Waals surface area contributed by atoms with E-state index in [1.54, 1.807) is 6.07 Å². The number of carbonyl (C=O) groups is 2. The highest BCUT2D eigenvalue weighted by molar-refractivity contribution is 6.02. The average molecular weight is 359 g/mol. The van der Waals surface area contributed by atoms with Crippen molar-refractivity contribution in [1.29, 1.82) is 0 Å². The van der Waals surface area contributed by atoms with Crippen LogP contribution in [0.25, 0.3) is 0 Å². The van der Waals surface area contributed by atoms with E-state index in [0.29, 0.717) is 18.6 Å². The summed E-state index contributed by atoms with van der Waals surface area (Å²) in [5.41, 5.74) is 2.13. The molecule has 2 aromatic rings. The highest BCUT2D eigenvalue weighted by atomic mass is 16.5. The molecule has 26 heavy (non-hydrogen) atoms. The standard InChI is InChI=1S/C19H21NO6/c1-4-11-12(10(2)9-15(26-3)17(11)21)5-6-14-16(19(24)25)13(18(22)23)7-8-20-14/h7-9,21H,4-6H2,1-3H3,(H,22,23)(H,24,25). The Kier molecular flexibility index (Phi) is 5.82. The minimum Gasteiger partial charge on any atom is -0.504 e. The Hall–Kier alpha value is -3.09. The van der Waals surface area contributed by atoms with Crippen LogP contribution in [0.3, 0.4) is 0 Å². The normalized spacial score (nSPS) is 10.6. The van der Waals surface area contributed by atoms with Crippen molar-refractivity contribution in [3.63, 3.8) is 0 Å². The SMILES string of the molecule is CCc1c(O)c(OC)cc(C)c1CCc1nccc(C(=O)O)c1C(=O)O. The van der Waals surface area contributed by atoms with Crippen LogP contribution in [0.2, 0.25) is 0 Å². The highest BCUT2D eigenvalue weighted by Crippen LogP contribution is 2.35. The van der Waals surface area contributed by atoms with E-state index < -0.39 is 11.9 Å². The summed E-state index contributed by atoms with van der Waals surface area (Å²) < 4.78 is 5.17. The summed E-state index contributed by atoms with van der Waals surface area (Å²) in [4.78, 5) is 26.9. The lowest BCUT2D eigenvalue weighted by Gasteiger charge is -2.17. The second kappa shape index (κ2) is 7.86. The maximum atomic E-state index is 11.5. The van der Waals surface area contributed by atoms with Crippen LogP contribution < -0.4 is 4.74 Å². The van der Waals surface area contributed by atoms with E-state index >= 15 is 0 Å². The molecular weight excluding hydrogens is 338 g/mol. The topological polar surface area (TPSA) is 117 Å². The van der Waals surface area contributed by atoms with Gasteiger partial charge in [0, 0.05) is 11.8 Å². The molecule has 0 saturated carbocycles. The highest BCUT2D eigenvalue weighted by Gasteiger charge is 2.22. The number of benzene rings is 1.